The zero-order chi connectivity index (χ0) is 36.0. The number of hydrogen-bond acceptors (Lipinski definition) is 2. The van der Waals surface area contributed by atoms with Crippen molar-refractivity contribution in [1.82, 2.24) is 0 Å². The molecule has 0 N–H and O–H groups in total. The Morgan fingerprint density at radius 3 is 1.72 bits per heavy atom. The molecular weight excluding hydrogens is 643 g/mol. The third-order valence-corrected chi connectivity index (χ3v) is 10.6. The number of ether oxygens (including phenoxy) is 1. The van der Waals surface area contributed by atoms with Crippen molar-refractivity contribution in [1.29, 1.82) is 0 Å². The van der Waals surface area contributed by atoms with Crippen LogP contribution < -0.4 is 9.64 Å². The first-order valence-corrected chi connectivity index (χ1v) is 18.5. The van der Waals surface area contributed by atoms with E-state index in [1.165, 1.54) is 38.9 Å². The van der Waals surface area contributed by atoms with Gasteiger partial charge in [0.2, 0.25) is 0 Å². The molecule has 2 heteroatoms. The Morgan fingerprint density at radius 1 is 0.491 bits per heavy atom. The number of hydrogen-bond donors (Lipinski definition) is 0. The maximum Gasteiger partial charge on any atom is 0.119 e. The maximum absolute atomic E-state index is 6.20. The van der Waals surface area contributed by atoms with Crippen LogP contribution >= 0.6 is 0 Å². The Balaban J connectivity index is 1.18. The molecular formula is C51H43NO. The van der Waals surface area contributed by atoms with Crippen LogP contribution in [0.25, 0.3) is 34.4 Å². The molecule has 0 aliphatic heterocycles. The minimum Gasteiger partial charge on any atom is -0.494 e. The summed E-state index contributed by atoms with van der Waals surface area (Å²) in [5.41, 5.74) is 14.3. The summed E-state index contributed by atoms with van der Waals surface area (Å²) >= 11 is 0. The summed E-state index contributed by atoms with van der Waals surface area (Å²) in [7, 11) is 0. The second kappa shape index (κ2) is 15.1. The first kappa shape index (κ1) is 33.7. The molecule has 1 aliphatic rings. The summed E-state index contributed by atoms with van der Waals surface area (Å²) in [6.45, 7) is 8.44. The molecule has 258 valence electrons. The van der Waals surface area contributed by atoms with Crippen molar-refractivity contribution in [3.05, 3.63) is 217 Å². The summed E-state index contributed by atoms with van der Waals surface area (Å²) in [5, 5.41) is 0. The van der Waals surface area contributed by atoms with Crippen molar-refractivity contribution in [2.75, 3.05) is 11.5 Å². The normalized spacial score (nSPS) is 14.2. The highest BCUT2D eigenvalue weighted by Gasteiger charge is 2.44. The van der Waals surface area contributed by atoms with E-state index in [1.54, 1.807) is 0 Å². The summed E-state index contributed by atoms with van der Waals surface area (Å²) in [6.07, 6.45) is 6.66. The van der Waals surface area contributed by atoms with Crippen LogP contribution in [0.15, 0.2) is 189 Å². The summed E-state index contributed by atoms with van der Waals surface area (Å²) in [5.74, 6) is 0.897. The van der Waals surface area contributed by atoms with Gasteiger partial charge in [-0.25, -0.2) is 0 Å². The fraction of sp³-hybridized carbons (Fsp3) is 0.0980. The summed E-state index contributed by atoms with van der Waals surface area (Å²) in [4.78, 5) is 2.38. The molecule has 8 rings (SSSR count). The van der Waals surface area contributed by atoms with Gasteiger partial charge in [0.15, 0.2) is 0 Å². The minimum atomic E-state index is -0.307. The maximum atomic E-state index is 6.20. The van der Waals surface area contributed by atoms with E-state index in [-0.39, 0.29) is 5.41 Å². The lowest BCUT2D eigenvalue weighted by atomic mass is 9.69. The number of para-hydroxylation sites is 1. The van der Waals surface area contributed by atoms with Gasteiger partial charge in [-0.05, 0) is 118 Å². The van der Waals surface area contributed by atoms with E-state index in [1.807, 2.05) is 36.4 Å². The van der Waals surface area contributed by atoms with Crippen molar-refractivity contribution in [3.63, 3.8) is 0 Å². The third kappa shape index (κ3) is 6.61. The predicted molar refractivity (Wildman–Crippen MR) is 224 cm³/mol. The molecule has 0 radical (unpaired) electrons. The van der Waals surface area contributed by atoms with Crippen molar-refractivity contribution in [2.24, 2.45) is 0 Å². The smallest absolute Gasteiger partial charge is 0.119 e. The molecule has 1 atom stereocenters. The van der Waals surface area contributed by atoms with Crippen LogP contribution in [0.1, 0.15) is 47.1 Å². The van der Waals surface area contributed by atoms with Crippen molar-refractivity contribution < 1.29 is 4.74 Å². The van der Waals surface area contributed by atoms with Crippen LogP contribution in [-0.4, -0.2) is 6.61 Å². The Morgan fingerprint density at radius 2 is 1.04 bits per heavy atom. The lowest BCUT2D eigenvalue weighted by molar-refractivity contribution is 0.301. The van der Waals surface area contributed by atoms with Crippen molar-refractivity contribution in [3.8, 4) is 28.0 Å². The van der Waals surface area contributed by atoms with Gasteiger partial charge in [0.1, 0.15) is 5.75 Å². The van der Waals surface area contributed by atoms with Gasteiger partial charge in [-0.1, -0.05) is 153 Å². The van der Waals surface area contributed by atoms with Gasteiger partial charge >= 0.3 is 0 Å². The molecule has 0 saturated heterocycles. The monoisotopic (exact) mass is 685 g/mol. The van der Waals surface area contributed by atoms with Gasteiger partial charge < -0.3 is 9.64 Å². The molecule has 0 aromatic heterocycles. The first-order valence-electron chi connectivity index (χ1n) is 18.5. The van der Waals surface area contributed by atoms with E-state index in [9.17, 15) is 0 Å². The van der Waals surface area contributed by atoms with Crippen molar-refractivity contribution >= 4 is 29.2 Å². The van der Waals surface area contributed by atoms with Gasteiger partial charge in [0.05, 0.1) is 6.61 Å². The SMILES string of the molecule is C=Cc1ccc(OCCCCC2(c3ccccc3)c3ccccc3-c3ccc(N(c4ccccc4)c4ccc(-c5ccc(C=C)cc5)cc4)cc32)cc1. The molecule has 0 heterocycles. The summed E-state index contributed by atoms with van der Waals surface area (Å²) < 4.78 is 6.20. The second-order valence-electron chi connectivity index (χ2n) is 13.7. The predicted octanol–water partition coefficient (Wildman–Crippen LogP) is 13.7. The molecule has 0 saturated carbocycles. The zero-order valence-electron chi connectivity index (χ0n) is 30.0. The lowest BCUT2D eigenvalue weighted by Gasteiger charge is -2.34. The van der Waals surface area contributed by atoms with Crippen LogP contribution in [0, 0.1) is 0 Å². The van der Waals surface area contributed by atoms with E-state index in [2.05, 4.69) is 170 Å². The van der Waals surface area contributed by atoms with Gasteiger partial charge in [0.25, 0.3) is 0 Å². The molecule has 1 aliphatic carbocycles. The van der Waals surface area contributed by atoms with Crippen LogP contribution in [0.5, 0.6) is 5.75 Å². The molecule has 0 bridgehead atoms. The molecule has 0 fully saturated rings. The van der Waals surface area contributed by atoms with Crippen LogP contribution in [0.2, 0.25) is 0 Å². The molecule has 0 amide bonds. The second-order valence-corrected chi connectivity index (χ2v) is 13.7. The van der Waals surface area contributed by atoms with E-state index in [0.717, 1.165) is 53.2 Å². The minimum absolute atomic E-state index is 0.307. The number of rotatable bonds is 13. The Labute approximate surface area is 314 Å². The first-order chi connectivity index (χ1) is 26.2. The topological polar surface area (TPSA) is 12.5 Å². The van der Waals surface area contributed by atoms with Crippen LogP contribution in [0.3, 0.4) is 0 Å². The van der Waals surface area contributed by atoms with E-state index >= 15 is 0 Å². The van der Waals surface area contributed by atoms with Gasteiger partial charge in [-0.2, -0.15) is 0 Å². The zero-order valence-corrected chi connectivity index (χ0v) is 30.0. The van der Waals surface area contributed by atoms with E-state index in [4.69, 9.17) is 4.74 Å². The van der Waals surface area contributed by atoms with Gasteiger partial charge in [-0.15, -0.1) is 0 Å². The molecule has 1 unspecified atom stereocenters. The quantitative estimate of drug-likeness (QED) is 0.112. The van der Waals surface area contributed by atoms with Crippen LogP contribution in [0.4, 0.5) is 17.1 Å². The van der Waals surface area contributed by atoms with Crippen molar-refractivity contribution in [2.45, 2.75) is 24.7 Å². The van der Waals surface area contributed by atoms with Crippen LogP contribution in [-0.2, 0) is 5.41 Å². The lowest BCUT2D eigenvalue weighted by Crippen LogP contribution is -2.27. The highest BCUT2D eigenvalue weighted by molar-refractivity contribution is 5.87. The number of anilines is 3. The number of unbranched alkanes of at least 4 members (excludes halogenated alkanes) is 1. The Hall–Kier alpha value is -6.38. The highest BCUT2D eigenvalue weighted by Crippen LogP contribution is 2.56. The van der Waals surface area contributed by atoms with E-state index < -0.39 is 0 Å². The molecule has 0 spiro atoms. The molecule has 53 heavy (non-hydrogen) atoms. The third-order valence-electron chi connectivity index (χ3n) is 10.6. The highest BCUT2D eigenvalue weighted by atomic mass is 16.5. The molecule has 7 aromatic carbocycles. The van der Waals surface area contributed by atoms with Gasteiger partial charge in [0, 0.05) is 22.5 Å². The Bertz CT molecular complexity index is 2320. The largest absolute Gasteiger partial charge is 0.494 e. The fourth-order valence-electron chi connectivity index (χ4n) is 7.96. The molecule has 7 aromatic rings. The Kier molecular flexibility index (Phi) is 9.60. The average Bonchev–Trinajstić information content (AvgIpc) is 3.51. The van der Waals surface area contributed by atoms with E-state index in [0.29, 0.717) is 6.61 Å². The number of benzene rings is 7. The van der Waals surface area contributed by atoms with Gasteiger partial charge in [-0.3, -0.25) is 0 Å². The summed E-state index contributed by atoms with van der Waals surface area (Å²) in [6, 6.07) is 63.5. The number of fused-ring (bicyclic) bond motifs is 3. The average molecular weight is 686 g/mol. The fourth-order valence-corrected chi connectivity index (χ4v) is 7.96. The molecule has 2 nitrogen and oxygen atoms in total. The standard InChI is InChI=1S/C51H43NO/c1-3-38-21-25-40(26-22-38)41-27-29-44(30-28-41)52(43-17-9-6-10-18-43)45-31-34-48-47-19-11-12-20-49(47)51(50(48)37-45,42-15-7-5-8-16-42)35-13-14-36-53-46-32-23-39(4-2)24-33-46/h3-12,15-34,37H,1-2,13-14,35-36H2. The number of nitrogens with zero attached hydrogens (tertiary/aromatic N) is 1.